The first-order valence-corrected chi connectivity index (χ1v) is 9.07. The van der Waals surface area contributed by atoms with Gasteiger partial charge in [-0.2, -0.15) is 0 Å². The van der Waals surface area contributed by atoms with Gasteiger partial charge in [0.15, 0.2) is 0 Å². The summed E-state index contributed by atoms with van der Waals surface area (Å²) >= 11 is 0. The van der Waals surface area contributed by atoms with Crippen LogP contribution in [0, 0.1) is 11.8 Å². The Morgan fingerprint density at radius 1 is 0.677 bits per heavy atom. The molecule has 1 aliphatic rings. The number of carboxylic acid groups (broad SMARTS) is 2. The molecule has 0 radical (unpaired) electrons. The molecule has 1 aliphatic heterocycles. The van der Waals surface area contributed by atoms with Gasteiger partial charge in [-0.1, -0.05) is 30.0 Å². The summed E-state index contributed by atoms with van der Waals surface area (Å²) in [6.45, 7) is 0. The van der Waals surface area contributed by atoms with Crippen LogP contribution in [0.2, 0.25) is 0 Å². The number of fused-ring (bicyclic) bond motifs is 1. The van der Waals surface area contributed by atoms with Gasteiger partial charge in [0.25, 0.3) is 11.8 Å². The number of hydrogen-bond donors (Lipinski definition) is 2. The molecule has 2 amide bonds. The van der Waals surface area contributed by atoms with E-state index in [0.29, 0.717) is 5.56 Å². The highest BCUT2D eigenvalue weighted by Crippen LogP contribution is 2.30. The van der Waals surface area contributed by atoms with Gasteiger partial charge in [-0.15, -0.1) is 0 Å². The van der Waals surface area contributed by atoms with Crippen LogP contribution in [0.15, 0.2) is 66.7 Å². The zero-order valence-corrected chi connectivity index (χ0v) is 15.8. The van der Waals surface area contributed by atoms with Crippen molar-refractivity contribution >= 4 is 29.4 Å². The number of aromatic carboxylic acids is 2. The van der Waals surface area contributed by atoms with Crippen molar-refractivity contribution in [2.75, 3.05) is 4.90 Å². The van der Waals surface area contributed by atoms with E-state index in [-0.39, 0.29) is 27.9 Å². The van der Waals surface area contributed by atoms with E-state index in [1.165, 1.54) is 12.1 Å². The van der Waals surface area contributed by atoms with Crippen LogP contribution >= 0.6 is 0 Å². The molecular weight excluding hydrogens is 398 g/mol. The summed E-state index contributed by atoms with van der Waals surface area (Å²) in [6, 6.07) is 17.0. The molecule has 0 fully saturated rings. The van der Waals surface area contributed by atoms with Crippen molar-refractivity contribution in [1.82, 2.24) is 0 Å². The van der Waals surface area contributed by atoms with Crippen LogP contribution in [-0.2, 0) is 0 Å². The lowest BCUT2D eigenvalue weighted by Gasteiger charge is -2.15. The van der Waals surface area contributed by atoms with Gasteiger partial charge in [0.05, 0.1) is 27.9 Å². The monoisotopic (exact) mass is 411 g/mol. The molecule has 7 heteroatoms. The molecule has 150 valence electrons. The van der Waals surface area contributed by atoms with Crippen LogP contribution in [0.3, 0.4) is 0 Å². The fraction of sp³-hybridized carbons (Fsp3) is 0. The molecule has 1 heterocycles. The Hall–Kier alpha value is -4.70. The number of carbonyl (C=O) groups is 4. The zero-order chi connectivity index (χ0) is 22.1. The Morgan fingerprint density at radius 3 is 1.87 bits per heavy atom. The van der Waals surface area contributed by atoms with Gasteiger partial charge in [-0.25, -0.2) is 14.5 Å². The Labute approximate surface area is 176 Å². The van der Waals surface area contributed by atoms with E-state index in [0.717, 1.165) is 28.7 Å². The van der Waals surface area contributed by atoms with Crippen LogP contribution in [0.1, 0.15) is 52.6 Å². The third-order valence-electron chi connectivity index (χ3n) is 4.68. The molecule has 3 aromatic carbocycles. The minimum Gasteiger partial charge on any atom is -0.478 e. The van der Waals surface area contributed by atoms with Crippen molar-refractivity contribution in [2.24, 2.45) is 0 Å². The van der Waals surface area contributed by atoms with E-state index in [1.54, 1.807) is 6.07 Å². The number of amides is 2. The highest BCUT2D eigenvalue weighted by molar-refractivity contribution is 6.34. The van der Waals surface area contributed by atoms with Gasteiger partial charge in [-0.05, 0) is 48.5 Å². The predicted molar refractivity (Wildman–Crippen MR) is 110 cm³/mol. The number of carboxylic acids is 2. The fourth-order valence-corrected chi connectivity index (χ4v) is 3.21. The van der Waals surface area contributed by atoms with Gasteiger partial charge in [0.1, 0.15) is 0 Å². The van der Waals surface area contributed by atoms with E-state index in [2.05, 4.69) is 11.8 Å². The number of carbonyl (C=O) groups excluding carboxylic acids is 2. The van der Waals surface area contributed by atoms with Crippen molar-refractivity contribution in [2.45, 2.75) is 0 Å². The average molecular weight is 411 g/mol. The van der Waals surface area contributed by atoms with Crippen LogP contribution < -0.4 is 4.90 Å². The van der Waals surface area contributed by atoms with Crippen LogP contribution in [0.25, 0.3) is 0 Å². The zero-order valence-electron chi connectivity index (χ0n) is 15.8. The lowest BCUT2D eigenvalue weighted by atomic mass is 10.1. The highest BCUT2D eigenvalue weighted by Gasteiger charge is 2.37. The second-order valence-corrected chi connectivity index (χ2v) is 6.70. The maximum absolute atomic E-state index is 13.0. The first-order valence-electron chi connectivity index (χ1n) is 9.07. The van der Waals surface area contributed by atoms with Gasteiger partial charge in [0, 0.05) is 11.1 Å². The van der Waals surface area contributed by atoms with E-state index >= 15 is 0 Å². The minimum absolute atomic E-state index is 0.113. The SMILES string of the molecule is O=C(O)c1cc(C(=O)O)cc(N2C(=O)c3ccc(C#Cc4ccccc4)cc3C2=O)c1. The molecule has 7 nitrogen and oxygen atoms in total. The summed E-state index contributed by atoms with van der Waals surface area (Å²) in [7, 11) is 0. The average Bonchev–Trinajstić information content (AvgIpc) is 3.02. The Kier molecular flexibility index (Phi) is 4.82. The van der Waals surface area contributed by atoms with Crippen molar-refractivity contribution in [3.8, 4) is 11.8 Å². The van der Waals surface area contributed by atoms with Crippen LogP contribution in [0.5, 0.6) is 0 Å². The van der Waals surface area contributed by atoms with Gasteiger partial charge in [-0.3, -0.25) is 9.59 Å². The van der Waals surface area contributed by atoms with Crippen molar-refractivity contribution < 1.29 is 29.4 Å². The first-order chi connectivity index (χ1) is 14.8. The number of rotatable bonds is 3. The third kappa shape index (κ3) is 3.66. The minimum atomic E-state index is -1.38. The number of anilines is 1. The molecule has 2 N–H and O–H groups in total. The van der Waals surface area contributed by atoms with Crippen molar-refractivity contribution in [3.63, 3.8) is 0 Å². The molecule has 0 saturated carbocycles. The molecule has 31 heavy (non-hydrogen) atoms. The van der Waals surface area contributed by atoms with E-state index in [4.69, 9.17) is 0 Å². The lowest BCUT2D eigenvalue weighted by molar-refractivity contribution is 0.0695. The van der Waals surface area contributed by atoms with Gasteiger partial charge >= 0.3 is 11.9 Å². The molecule has 0 saturated heterocycles. The van der Waals surface area contributed by atoms with E-state index < -0.39 is 23.8 Å². The smallest absolute Gasteiger partial charge is 0.335 e. The molecule has 0 bridgehead atoms. The molecule has 0 aliphatic carbocycles. The number of nitrogens with zero attached hydrogens (tertiary/aromatic N) is 1. The van der Waals surface area contributed by atoms with E-state index in [9.17, 15) is 29.4 Å². The number of hydrogen-bond acceptors (Lipinski definition) is 4. The fourth-order valence-electron chi connectivity index (χ4n) is 3.21. The Balaban J connectivity index is 1.74. The molecule has 3 aromatic rings. The van der Waals surface area contributed by atoms with Gasteiger partial charge < -0.3 is 10.2 Å². The van der Waals surface area contributed by atoms with Gasteiger partial charge in [0.2, 0.25) is 0 Å². The lowest BCUT2D eigenvalue weighted by Crippen LogP contribution is -2.29. The van der Waals surface area contributed by atoms with Crippen LogP contribution in [-0.4, -0.2) is 34.0 Å². The van der Waals surface area contributed by atoms with Crippen LogP contribution in [0.4, 0.5) is 5.69 Å². The van der Waals surface area contributed by atoms with Crippen molar-refractivity contribution in [3.05, 3.63) is 100 Å². The third-order valence-corrected chi connectivity index (χ3v) is 4.68. The highest BCUT2D eigenvalue weighted by atomic mass is 16.4. The summed E-state index contributed by atoms with van der Waals surface area (Å²) in [4.78, 5) is 49.3. The summed E-state index contributed by atoms with van der Waals surface area (Å²) < 4.78 is 0. The Bertz CT molecular complexity index is 1300. The van der Waals surface area contributed by atoms with E-state index in [1.807, 2.05) is 30.3 Å². The van der Waals surface area contributed by atoms with Crippen molar-refractivity contribution in [1.29, 1.82) is 0 Å². The second kappa shape index (κ2) is 7.61. The maximum atomic E-state index is 13.0. The maximum Gasteiger partial charge on any atom is 0.335 e. The normalized spacial score (nSPS) is 12.2. The second-order valence-electron chi connectivity index (χ2n) is 6.70. The Morgan fingerprint density at radius 2 is 1.26 bits per heavy atom. The molecular formula is C24H13NO6. The summed E-state index contributed by atoms with van der Waals surface area (Å²) in [5.41, 5.74) is 0.743. The summed E-state index contributed by atoms with van der Waals surface area (Å²) in [5.74, 6) is 1.82. The molecule has 0 atom stereocenters. The molecule has 0 unspecified atom stereocenters. The molecule has 4 rings (SSSR count). The predicted octanol–water partition coefficient (Wildman–Crippen LogP) is 3.28. The topological polar surface area (TPSA) is 112 Å². The standard InChI is InChI=1S/C24H13NO6/c26-21-19-9-8-15(7-6-14-4-2-1-3-5-14)10-20(19)22(27)25(21)18-12-16(23(28)29)11-17(13-18)24(30)31/h1-5,8-13H,(H,28,29)(H,30,31). The quantitative estimate of drug-likeness (QED) is 0.505. The number of benzene rings is 3. The largest absolute Gasteiger partial charge is 0.478 e. The number of imide groups is 1. The first kappa shape index (κ1) is 19.6. The summed E-state index contributed by atoms with van der Waals surface area (Å²) in [5, 5.41) is 18.5. The summed E-state index contributed by atoms with van der Waals surface area (Å²) in [6.07, 6.45) is 0. The molecule has 0 aromatic heterocycles. The molecule has 0 spiro atoms.